The first-order chi connectivity index (χ1) is 36.3. The van der Waals surface area contributed by atoms with E-state index in [0.29, 0.717) is 5.56 Å². The van der Waals surface area contributed by atoms with Gasteiger partial charge in [0, 0.05) is 19.3 Å². The van der Waals surface area contributed by atoms with Crippen molar-refractivity contribution in [3.8, 4) is 5.75 Å². The Bertz CT molecular complexity index is 2290. The summed E-state index contributed by atoms with van der Waals surface area (Å²) < 4.78 is 0. The number of aliphatic hydroxyl groups excluding tert-OH is 1. The van der Waals surface area contributed by atoms with Crippen molar-refractivity contribution in [2.45, 2.75) is 173 Å². The van der Waals surface area contributed by atoms with Gasteiger partial charge in [-0.25, -0.2) is 4.79 Å². The van der Waals surface area contributed by atoms with Gasteiger partial charge >= 0.3 is 29.8 Å². The number of aromatic hydroxyl groups is 1. The molecular weight excluding hydrogens is 1030 g/mol. The summed E-state index contributed by atoms with van der Waals surface area (Å²) in [5, 5.41) is 86.2. The summed E-state index contributed by atoms with van der Waals surface area (Å²) >= 11 is 0. The summed E-state index contributed by atoms with van der Waals surface area (Å²) in [4.78, 5) is 168. The molecule has 0 aliphatic rings. The van der Waals surface area contributed by atoms with Gasteiger partial charge in [-0.05, 0) is 68.1 Å². The Kier molecular flexibility index (Phi) is 29.0. The Labute approximate surface area is 449 Å². The highest BCUT2D eigenvalue weighted by molar-refractivity contribution is 5.99. The molecule has 8 amide bonds. The van der Waals surface area contributed by atoms with Gasteiger partial charge in [-0.1, -0.05) is 60.1 Å². The SMILES string of the molecule is CC[C@H](C)[C@H](NC(=O)[C@H](CC(=O)O)NC(=O)[C@H](CC(C)C)NC(=O)[C@@H](N)CC(C)C)C(=O)N[C@@H](CC(=O)O)C(=O)N[C@@H](CCC(=O)O)C(=O)N[C@H](C(=O)N[C@@H](CCC(=O)O)C(=O)N[C@@H](Cc1ccc(O)cc1)C(=O)O)[C@@H](C)O. The number of aliphatic carboxylic acids is 5. The normalized spacial score (nSPS) is 15.4. The van der Waals surface area contributed by atoms with Crippen molar-refractivity contribution in [1.82, 2.24) is 42.5 Å². The molecule has 0 heterocycles. The molecule has 78 heavy (non-hydrogen) atoms. The van der Waals surface area contributed by atoms with Gasteiger partial charge in [0.25, 0.3) is 0 Å². The molecule has 0 unspecified atom stereocenters. The second kappa shape index (κ2) is 33.3. The van der Waals surface area contributed by atoms with Crippen molar-refractivity contribution in [2.75, 3.05) is 0 Å². The zero-order valence-electron chi connectivity index (χ0n) is 44.4. The molecule has 0 bridgehead atoms. The Morgan fingerprint density at radius 1 is 0.462 bits per heavy atom. The summed E-state index contributed by atoms with van der Waals surface area (Å²) in [6, 6.07) is -10.2. The van der Waals surface area contributed by atoms with Gasteiger partial charge in [0.1, 0.15) is 54.1 Å². The first-order valence-electron chi connectivity index (χ1n) is 25.0. The molecule has 0 saturated carbocycles. The maximum atomic E-state index is 14.0. The molecule has 0 radical (unpaired) electrons. The van der Waals surface area contributed by atoms with Gasteiger partial charge in [-0.3, -0.25) is 57.5 Å². The number of aliphatic hydroxyl groups is 1. The number of carbonyl (C=O) groups is 13. The van der Waals surface area contributed by atoms with Crippen molar-refractivity contribution in [1.29, 1.82) is 0 Å². The summed E-state index contributed by atoms with van der Waals surface area (Å²) in [7, 11) is 0. The third-order valence-corrected chi connectivity index (χ3v) is 11.8. The molecule has 11 atom stereocenters. The highest BCUT2D eigenvalue weighted by Gasteiger charge is 2.38. The van der Waals surface area contributed by atoms with Crippen LogP contribution in [0.2, 0.25) is 0 Å². The van der Waals surface area contributed by atoms with E-state index >= 15 is 0 Å². The molecule has 29 nitrogen and oxygen atoms in total. The molecule has 0 aliphatic carbocycles. The zero-order valence-corrected chi connectivity index (χ0v) is 44.4. The lowest BCUT2D eigenvalue weighted by atomic mass is 9.96. The van der Waals surface area contributed by atoms with Crippen LogP contribution >= 0.6 is 0 Å². The van der Waals surface area contributed by atoms with Crippen molar-refractivity contribution in [3.63, 3.8) is 0 Å². The van der Waals surface area contributed by atoms with Gasteiger partial charge in [0.15, 0.2) is 0 Å². The van der Waals surface area contributed by atoms with Gasteiger partial charge in [-0.2, -0.15) is 0 Å². The maximum absolute atomic E-state index is 14.0. The van der Waals surface area contributed by atoms with Crippen molar-refractivity contribution < 1.29 is 98.1 Å². The maximum Gasteiger partial charge on any atom is 0.326 e. The van der Waals surface area contributed by atoms with E-state index in [4.69, 9.17) is 5.73 Å². The van der Waals surface area contributed by atoms with Crippen LogP contribution < -0.4 is 48.3 Å². The summed E-state index contributed by atoms with van der Waals surface area (Å²) in [5.41, 5.74) is 6.35. The molecular formula is C49H75N9O20. The Morgan fingerprint density at radius 2 is 0.833 bits per heavy atom. The quantitative estimate of drug-likeness (QED) is 0.0328. The van der Waals surface area contributed by atoms with Crippen LogP contribution in [0.1, 0.15) is 112 Å². The number of amides is 8. The molecule has 0 saturated heterocycles. The number of carbonyl (C=O) groups excluding carboxylic acids is 8. The van der Waals surface area contributed by atoms with Crippen LogP contribution in [0.4, 0.5) is 0 Å². The fourth-order valence-electron chi connectivity index (χ4n) is 7.46. The predicted molar refractivity (Wildman–Crippen MR) is 271 cm³/mol. The average molecular weight is 1110 g/mol. The number of phenolic OH excluding ortho intramolecular Hbond substituents is 1. The summed E-state index contributed by atoms with van der Waals surface area (Å²) in [5.74, 6) is -18.4. The lowest BCUT2D eigenvalue weighted by molar-refractivity contribution is -0.143. The topological polar surface area (TPSA) is 486 Å². The molecule has 1 aromatic rings. The number of carboxylic acid groups (broad SMARTS) is 5. The number of nitrogens with two attached hydrogens (primary N) is 1. The molecule has 0 fully saturated rings. The lowest BCUT2D eigenvalue weighted by Crippen LogP contribution is -2.62. The monoisotopic (exact) mass is 1110 g/mol. The number of benzene rings is 1. The van der Waals surface area contributed by atoms with Gasteiger partial charge < -0.3 is 84.0 Å². The van der Waals surface area contributed by atoms with Crippen LogP contribution in [0.3, 0.4) is 0 Å². The van der Waals surface area contributed by atoms with Crippen LogP contribution in [0.25, 0.3) is 0 Å². The van der Waals surface area contributed by atoms with E-state index in [0.717, 1.165) is 6.92 Å². The number of rotatable bonds is 36. The molecule has 0 aliphatic heterocycles. The fraction of sp³-hybridized carbons (Fsp3) is 0.612. The summed E-state index contributed by atoms with van der Waals surface area (Å²) in [6.45, 7) is 11.1. The molecule has 17 N–H and O–H groups in total. The van der Waals surface area contributed by atoms with Crippen LogP contribution in [0.15, 0.2) is 24.3 Å². The highest BCUT2D eigenvalue weighted by atomic mass is 16.4. The van der Waals surface area contributed by atoms with Crippen molar-refractivity contribution in [2.24, 2.45) is 23.5 Å². The number of hydrogen-bond acceptors (Lipinski definition) is 16. The van der Waals surface area contributed by atoms with E-state index in [9.17, 15) is 98.1 Å². The molecule has 1 aromatic carbocycles. The van der Waals surface area contributed by atoms with Gasteiger partial charge in [0.2, 0.25) is 47.3 Å². The minimum atomic E-state index is -2.11. The van der Waals surface area contributed by atoms with Crippen LogP contribution in [0, 0.1) is 17.8 Å². The molecule has 29 heteroatoms. The predicted octanol–water partition coefficient (Wildman–Crippen LogP) is -2.58. The number of hydrogen-bond donors (Lipinski definition) is 16. The molecule has 0 spiro atoms. The van der Waals surface area contributed by atoms with Gasteiger partial charge in [0.05, 0.1) is 25.0 Å². The minimum absolute atomic E-state index is 0.0151. The van der Waals surface area contributed by atoms with Crippen LogP contribution in [-0.4, -0.2) is 173 Å². The average Bonchev–Trinajstić information content (AvgIpc) is 3.32. The largest absolute Gasteiger partial charge is 0.508 e. The third-order valence-electron chi connectivity index (χ3n) is 11.8. The molecule has 0 aromatic heterocycles. The second-order valence-corrected chi connectivity index (χ2v) is 19.6. The van der Waals surface area contributed by atoms with E-state index in [1.54, 1.807) is 20.8 Å². The van der Waals surface area contributed by atoms with E-state index in [1.165, 1.54) is 31.2 Å². The fourth-order valence-corrected chi connectivity index (χ4v) is 7.46. The smallest absolute Gasteiger partial charge is 0.326 e. The Balaban J connectivity index is 3.50. The molecule has 1 rings (SSSR count). The van der Waals surface area contributed by atoms with E-state index in [1.807, 2.05) is 13.8 Å². The van der Waals surface area contributed by atoms with Crippen LogP contribution in [-0.2, 0) is 68.7 Å². The standard InChI is InChI=1S/C49H75N9O20/c1-8-24(6)39(57-46(74)33(21-38(67)68)54-44(72)31(18-23(4)5)53-41(69)28(50)17-22(2)3)47(75)55-32(20-37(65)66)45(73)51-30(14-16-36(63)64)43(71)58-40(25(7)59)48(76)52-29(13-15-35(61)62)42(70)56-34(49(77)78)19-26-9-11-27(60)12-10-26/h9-12,22-25,28-34,39-40,59-60H,8,13-21,50H2,1-7H3,(H,51,73)(H,52,76)(H,53,69)(H,54,72)(H,55,75)(H,56,70)(H,57,74)(H,58,71)(H,61,62)(H,63,64)(H,65,66)(H,67,68)(H,77,78)/t24-,25+,28-,29-,30-,31-,32-,33-,34-,39-,40-/m0/s1. The number of carboxylic acids is 5. The van der Waals surface area contributed by atoms with Gasteiger partial charge in [-0.15, -0.1) is 0 Å². The number of nitrogens with one attached hydrogen (secondary N) is 8. The van der Waals surface area contributed by atoms with Crippen molar-refractivity contribution >= 4 is 77.1 Å². The Hall–Kier alpha value is -7.95. The van der Waals surface area contributed by atoms with E-state index in [-0.39, 0.29) is 43.3 Å². The van der Waals surface area contributed by atoms with E-state index < -0.39 is 182 Å². The van der Waals surface area contributed by atoms with Crippen molar-refractivity contribution in [3.05, 3.63) is 29.8 Å². The third kappa shape index (κ3) is 25.3. The second-order valence-electron chi connectivity index (χ2n) is 19.6. The highest BCUT2D eigenvalue weighted by Crippen LogP contribution is 2.15. The van der Waals surface area contributed by atoms with E-state index in [2.05, 4.69) is 42.5 Å². The first-order valence-corrected chi connectivity index (χ1v) is 25.0. The number of phenols is 1. The summed E-state index contributed by atoms with van der Waals surface area (Å²) in [6.07, 6.45) is -7.05. The lowest BCUT2D eigenvalue weighted by Gasteiger charge is -2.29. The zero-order chi connectivity index (χ0) is 59.7. The van der Waals surface area contributed by atoms with Crippen LogP contribution in [0.5, 0.6) is 5.75 Å². The minimum Gasteiger partial charge on any atom is -0.508 e. The first kappa shape index (κ1) is 68.1. The Morgan fingerprint density at radius 3 is 1.27 bits per heavy atom. The molecule has 436 valence electrons.